The normalized spacial score (nSPS) is 11.4. The molecule has 0 unspecified atom stereocenters. The fourth-order valence-electron chi connectivity index (χ4n) is 1.81. The molecule has 0 aliphatic heterocycles. The van der Waals surface area contributed by atoms with Crippen molar-refractivity contribution in [1.29, 1.82) is 0 Å². The molecule has 1 aromatic carbocycles. The van der Waals surface area contributed by atoms with E-state index in [0.717, 1.165) is 11.1 Å². The van der Waals surface area contributed by atoms with E-state index in [4.69, 9.17) is 0 Å². The van der Waals surface area contributed by atoms with Crippen LogP contribution in [0.1, 0.15) is 11.1 Å². The number of nitrogens with one attached hydrogen (secondary N) is 1. The Balaban J connectivity index is 2.01. The molecule has 0 radical (unpaired) electrons. The van der Waals surface area contributed by atoms with Crippen LogP contribution in [-0.2, 0) is 16.4 Å². The maximum absolute atomic E-state index is 12.1. The van der Waals surface area contributed by atoms with Crippen molar-refractivity contribution >= 4 is 10.0 Å². The van der Waals surface area contributed by atoms with Crippen LogP contribution in [0.4, 0.5) is 0 Å². The summed E-state index contributed by atoms with van der Waals surface area (Å²) in [5.74, 6) is 0. The molecule has 0 fully saturated rings. The number of hydrogen-bond donors (Lipinski definition) is 1. The van der Waals surface area contributed by atoms with Crippen LogP contribution < -0.4 is 4.72 Å². The highest BCUT2D eigenvalue weighted by atomic mass is 32.2. The lowest BCUT2D eigenvalue weighted by Gasteiger charge is -2.08. The van der Waals surface area contributed by atoms with Gasteiger partial charge in [0.05, 0.1) is 4.90 Å². The Morgan fingerprint density at radius 3 is 2.63 bits per heavy atom. The van der Waals surface area contributed by atoms with Gasteiger partial charge in [-0.1, -0.05) is 24.3 Å². The lowest BCUT2D eigenvalue weighted by molar-refractivity contribution is 0.581. The number of hydrogen-bond acceptors (Lipinski definition) is 3. The highest BCUT2D eigenvalue weighted by molar-refractivity contribution is 7.89. The van der Waals surface area contributed by atoms with Crippen molar-refractivity contribution in [2.75, 3.05) is 6.54 Å². The smallest absolute Gasteiger partial charge is 0.240 e. The second kappa shape index (κ2) is 5.95. The van der Waals surface area contributed by atoms with E-state index in [1.807, 2.05) is 18.2 Å². The van der Waals surface area contributed by atoms with Gasteiger partial charge in [-0.05, 0) is 36.6 Å². The third kappa shape index (κ3) is 3.62. The standard InChI is InChI=1S/C14H16N2O2S/c1-12-5-2-3-7-14(12)19(17,18)16-10-8-13-6-4-9-15-11-13/h2-7,9,11,16H,8,10H2,1H3. The molecule has 0 saturated heterocycles. The molecule has 0 spiro atoms. The molecular formula is C14H16N2O2S. The summed E-state index contributed by atoms with van der Waals surface area (Å²) in [6.07, 6.45) is 4.06. The van der Waals surface area contributed by atoms with Gasteiger partial charge in [0.25, 0.3) is 0 Å². The summed E-state index contributed by atoms with van der Waals surface area (Å²) in [6.45, 7) is 2.15. The lowest BCUT2D eigenvalue weighted by Crippen LogP contribution is -2.26. The fourth-order valence-corrected chi connectivity index (χ4v) is 3.09. The number of aryl methyl sites for hydroxylation is 1. The van der Waals surface area contributed by atoms with E-state index in [9.17, 15) is 8.42 Å². The highest BCUT2D eigenvalue weighted by Crippen LogP contribution is 2.13. The second-order valence-electron chi connectivity index (χ2n) is 4.27. The van der Waals surface area contributed by atoms with Gasteiger partial charge in [-0.3, -0.25) is 4.98 Å². The fraction of sp³-hybridized carbons (Fsp3) is 0.214. The Kier molecular flexibility index (Phi) is 4.29. The van der Waals surface area contributed by atoms with E-state index >= 15 is 0 Å². The molecule has 0 amide bonds. The summed E-state index contributed by atoms with van der Waals surface area (Å²) in [7, 11) is -3.43. The quantitative estimate of drug-likeness (QED) is 0.907. The molecule has 0 bridgehead atoms. The predicted octanol–water partition coefficient (Wildman–Crippen LogP) is 1.91. The van der Waals surface area contributed by atoms with Crippen molar-refractivity contribution in [3.63, 3.8) is 0 Å². The molecular weight excluding hydrogens is 260 g/mol. The average Bonchev–Trinajstić information content (AvgIpc) is 2.40. The molecule has 19 heavy (non-hydrogen) atoms. The molecule has 2 aromatic rings. The predicted molar refractivity (Wildman–Crippen MR) is 74.3 cm³/mol. The van der Waals surface area contributed by atoms with Gasteiger partial charge in [-0.25, -0.2) is 13.1 Å². The molecule has 0 aliphatic rings. The minimum atomic E-state index is -3.43. The van der Waals surface area contributed by atoms with E-state index < -0.39 is 10.0 Å². The van der Waals surface area contributed by atoms with Crippen molar-refractivity contribution < 1.29 is 8.42 Å². The Labute approximate surface area is 113 Å². The zero-order chi connectivity index (χ0) is 13.7. The first-order chi connectivity index (χ1) is 9.09. The largest absolute Gasteiger partial charge is 0.264 e. The van der Waals surface area contributed by atoms with Crippen molar-refractivity contribution in [3.05, 3.63) is 59.9 Å². The summed E-state index contributed by atoms with van der Waals surface area (Å²) in [6, 6.07) is 10.7. The molecule has 0 saturated carbocycles. The van der Waals surface area contributed by atoms with Gasteiger partial charge >= 0.3 is 0 Å². The molecule has 0 aliphatic carbocycles. The van der Waals surface area contributed by atoms with Gasteiger partial charge in [-0.2, -0.15) is 0 Å². The monoisotopic (exact) mass is 276 g/mol. The molecule has 0 atom stereocenters. The average molecular weight is 276 g/mol. The summed E-state index contributed by atoms with van der Waals surface area (Å²) >= 11 is 0. The number of sulfonamides is 1. The Hall–Kier alpha value is -1.72. The van der Waals surface area contributed by atoms with Crippen molar-refractivity contribution in [1.82, 2.24) is 9.71 Å². The maximum atomic E-state index is 12.1. The van der Waals surface area contributed by atoms with Crippen LogP contribution in [-0.4, -0.2) is 19.9 Å². The van der Waals surface area contributed by atoms with Crippen molar-refractivity contribution in [2.45, 2.75) is 18.2 Å². The molecule has 1 N–H and O–H groups in total. The minimum Gasteiger partial charge on any atom is -0.264 e. The van der Waals surface area contributed by atoms with Gasteiger partial charge in [-0.15, -0.1) is 0 Å². The number of pyridine rings is 1. The topological polar surface area (TPSA) is 59.1 Å². The molecule has 1 aromatic heterocycles. The third-order valence-corrected chi connectivity index (χ3v) is 4.43. The van der Waals surface area contributed by atoms with E-state index in [2.05, 4.69) is 9.71 Å². The third-order valence-electron chi connectivity index (χ3n) is 2.81. The Morgan fingerprint density at radius 1 is 1.16 bits per heavy atom. The first kappa shape index (κ1) is 13.7. The van der Waals surface area contributed by atoms with E-state index in [1.54, 1.807) is 37.5 Å². The molecule has 1 heterocycles. The molecule has 100 valence electrons. The molecule has 4 nitrogen and oxygen atoms in total. The maximum Gasteiger partial charge on any atom is 0.240 e. The SMILES string of the molecule is Cc1ccccc1S(=O)(=O)NCCc1cccnc1. The van der Waals surface area contributed by atoms with Gasteiger partial charge in [0.2, 0.25) is 10.0 Å². The van der Waals surface area contributed by atoms with Crippen LogP contribution in [0.5, 0.6) is 0 Å². The Morgan fingerprint density at radius 2 is 1.95 bits per heavy atom. The zero-order valence-corrected chi connectivity index (χ0v) is 11.5. The summed E-state index contributed by atoms with van der Waals surface area (Å²) < 4.78 is 26.8. The van der Waals surface area contributed by atoms with Crippen LogP contribution in [0, 0.1) is 6.92 Å². The number of benzene rings is 1. The van der Waals surface area contributed by atoms with Crippen LogP contribution in [0.3, 0.4) is 0 Å². The van der Waals surface area contributed by atoms with Gasteiger partial charge in [0.1, 0.15) is 0 Å². The van der Waals surface area contributed by atoms with Gasteiger partial charge < -0.3 is 0 Å². The molecule has 5 heteroatoms. The first-order valence-electron chi connectivity index (χ1n) is 6.04. The summed E-state index contributed by atoms with van der Waals surface area (Å²) in [4.78, 5) is 4.33. The van der Waals surface area contributed by atoms with Crippen LogP contribution in [0.2, 0.25) is 0 Å². The number of aromatic nitrogens is 1. The second-order valence-corrected chi connectivity index (χ2v) is 6.01. The summed E-state index contributed by atoms with van der Waals surface area (Å²) in [5, 5.41) is 0. The van der Waals surface area contributed by atoms with E-state index in [1.165, 1.54) is 0 Å². The van der Waals surface area contributed by atoms with Crippen molar-refractivity contribution in [2.24, 2.45) is 0 Å². The first-order valence-corrected chi connectivity index (χ1v) is 7.52. The van der Waals surface area contributed by atoms with Gasteiger partial charge in [0, 0.05) is 18.9 Å². The minimum absolute atomic E-state index is 0.334. The lowest BCUT2D eigenvalue weighted by atomic mass is 10.2. The van der Waals surface area contributed by atoms with Crippen molar-refractivity contribution in [3.8, 4) is 0 Å². The van der Waals surface area contributed by atoms with Crippen LogP contribution in [0.15, 0.2) is 53.7 Å². The molecule has 2 rings (SSSR count). The van der Waals surface area contributed by atoms with E-state index in [0.29, 0.717) is 17.9 Å². The van der Waals surface area contributed by atoms with E-state index in [-0.39, 0.29) is 0 Å². The van der Waals surface area contributed by atoms with Crippen LogP contribution in [0.25, 0.3) is 0 Å². The highest BCUT2D eigenvalue weighted by Gasteiger charge is 2.15. The van der Waals surface area contributed by atoms with Gasteiger partial charge in [0.15, 0.2) is 0 Å². The number of nitrogens with zero attached hydrogens (tertiary/aromatic N) is 1. The zero-order valence-electron chi connectivity index (χ0n) is 10.7. The Bertz CT molecular complexity index is 640. The van der Waals surface area contributed by atoms with Crippen LogP contribution >= 0.6 is 0 Å². The summed E-state index contributed by atoms with van der Waals surface area (Å²) in [5.41, 5.74) is 1.76. The number of rotatable bonds is 5.